The Hall–Kier alpha value is -6.94. The summed E-state index contributed by atoms with van der Waals surface area (Å²) >= 11 is 0. The number of benzene rings is 4. The van der Waals surface area contributed by atoms with Gasteiger partial charge >= 0.3 is 49.4 Å². The lowest BCUT2D eigenvalue weighted by atomic mass is 9.12. The fraction of sp³-hybridized carbons (Fsp3) is 0.289. The molecule has 0 atom stereocenters. The summed E-state index contributed by atoms with van der Waals surface area (Å²) in [5, 5.41) is 18.0. The van der Waals surface area contributed by atoms with Gasteiger partial charge in [0.15, 0.2) is 18.9 Å². The lowest BCUT2D eigenvalue weighted by Gasteiger charge is -2.46. The molecule has 0 N–H and O–H groups in total. The molecular formula is C45H27BF24N4. The minimum absolute atomic E-state index is 0.196. The van der Waals surface area contributed by atoms with Crippen LogP contribution in [-0.2, 0) is 56.0 Å². The minimum Gasteiger partial charge on any atom is -0.252 e. The van der Waals surface area contributed by atoms with Gasteiger partial charge in [0, 0.05) is 5.57 Å². The summed E-state index contributed by atoms with van der Waals surface area (Å²) in [4.78, 5) is 3.93. The molecule has 4 nitrogen and oxygen atoms in total. The van der Waals surface area contributed by atoms with Gasteiger partial charge in [0.2, 0.25) is 0 Å². The van der Waals surface area contributed by atoms with Crippen molar-refractivity contribution >= 4 is 28.0 Å². The number of alkyl halides is 24. The first kappa shape index (κ1) is 59.6. The molecule has 0 unspecified atom stereocenters. The minimum atomic E-state index is -6.13. The summed E-state index contributed by atoms with van der Waals surface area (Å²) in [7, 11) is 0. The first-order valence-electron chi connectivity index (χ1n) is 19.9. The van der Waals surface area contributed by atoms with Gasteiger partial charge in [0.1, 0.15) is 23.9 Å². The Labute approximate surface area is 400 Å². The lowest BCUT2D eigenvalue weighted by molar-refractivity contribution is -0.690. The molecular weight excluding hydrogens is 1060 g/mol. The summed E-state index contributed by atoms with van der Waals surface area (Å²) < 4.78 is 343. The number of hydrogen-bond donors (Lipinski definition) is 0. The fourth-order valence-electron chi connectivity index (χ4n) is 7.56. The SMILES string of the molecule is CC(C)(C)C(C[n+]1ccncc1)=C(C#N)C#N.FC(F)(F)c1cc([B-](c2cc(C(F)(F)F)cc(C(F)(F)F)c2)(c2cc(C(F)(F)F)cc(C(F)(F)F)c2)c2cc(C(F)(F)F)cc(C(F)(F)F)c2)cc(C(F)(F)F)c1. The van der Waals surface area contributed by atoms with E-state index in [1.807, 2.05) is 49.9 Å². The topological polar surface area (TPSA) is 64.3 Å². The van der Waals surface area contributed by atoms with E-state index < -0.39 is 195 Å². The van der Waals surface area contributed by atoms with Crippen LogP contribution in [0.4, 0.5) is 105 Å². The smallest absolute Gasteiger partial charge is 0.252 e. The van der Waals surface area contributed by atoms with Crippen molar-refractivity contribution in [1.29, 1.82) is 10.5 Å². The zero-order chi connectivity index (χ0) is 56.8. The van der Waals surface area contributed by atoms with Crippen molar-refractivity contribution in [2.45, 2.75) is 76.7 Å². The first-order chi connectivity index (χ1) is 33.2. The van der Waals surface area contributed by atoms with Crippen molar-refractivity contribution in [3.8, 4) is 12.1 Å². The predicted octanol–water partition coefficient (Wildman–Crippen LogP) is 13.0. The second kappa shape index (κ2) is 20.1. The fourth-order valence-corrected chi connectivity index (χ4v) is 7.56. The van der Waals surface area contributed by atoms with Gasteiger partial charge in [-0.05, 0) is 29.7 Å². The molecule has 0 aliphatic heterocycles. The number of allylic oxidation sites excluding steroid dienone is 2. The predicted molar refractivity (Wildman–Crippen MR) is 212 cm³/mol. The highest BCUT2D eigenvalue weighted by molar-refractivity contribution is 7.20. The monoisotopic (exact) mass is 1090 g/mol. The highest BCUT2D eigenvalue weighted by Gasteiger charge is 2.47. The highest BCUT2D eigenvalue weighted by atomic mass is 19.4. The summed E-state index contributed by atoms with van der Waals surface area (Å²) in [6, 6.07) is -4.87. The molecule has 5 aromatic rings. The van der Waals surface area contributed by atoms with Gasteiger partial charge in [-0.15, -0.1) is 0 Å². The van der Waals surface area contributed by atoms with Gasteiger partial charge in [0.05, 0.1) is 56.9 Å². The molecule has 0 aliphatic carbocycles. The van der Waals surface area contributed by atoms with Crippen molar-refractivity contribution in [3.05, 3.63) is 153 Å². The van der Waals surface area contributed by atoms with Crippen LogP contribution in [0.3, 0.4) is 0 Å². The third-order valence-corrected chi connectivity index (χ3v) is 10.9. The summed E-state index contributed by atoms with van der Waals surface area (Å²) in [5.74, 6) is 0. The second-order valence-electron chi connectivity index (χ2n) is 17.0. The van der Waals surface area contributed by atoms with Crippen LogP contribution in [-0.4, -0.2) is 11.1 Å². The standard InChI is InChI=1S/C32H12BF24.C13H15N4/c34-25(35,36)13-1-14(26(37,38)39)6-21(5-13)33(22-7-15(27(40,41)42)2-16(8-22)28(43,44)45,23-9-17(29(46,47)48)3-18(10-23)30(49,50)51)24-11-19(31(52,53)54)4-20(12-24)32(55,56)57;1-13(2,3)12(11(8-14)9-15)10-17-6-4-16-5-7-17/h1-12H;4-7H,10H2,1-3H3/q-1;+1. The molecule has 1 aromatic heterocycles. The van der Waals surface area contributed by atoms with Crippen LogP contribution >= 0.6 is 0 Å². The molecule has 4 aromatic carbocycles. The van der Waals surface area contributed by atoms with Gasteiger partial charge in [-0.2, -0.15) is 142 Å². The Bertz CT molecular complexity index is 2520. The highest BCUT2D eigenvalue weighted by Crippen LogP contribution is 2.41. The Morgan fingerprint density at radius 2 is 0.595 bits per heavy atom. The van der Waals surface area contributed by atoms with E-state index >= 15 is 0 Å². The summed E-state index contributed by atoms with van der Waals surface area (Å²) in [6.45, 7) is 6.53. The van der Waals surface area contributed by atoms with Crippen molar-refractivity contribution in [2.75, 3.05) is 0 Å². The Balaban J connectivity index is 0.000000589. The second-order valence-corrected chi connectivity index (χ2v) is 17.0. The summed E-state index contributed by atoms with van der Waals surface area (Å²) in [6.07, 6.45) is -47.8. The molecule has 0 saturated heterocycles. The van der Waals surface area contributed by atoms with Crippen LogP contribution in [0.5, 0.6) is 0 Å². The number of nitrogens with zero attached hydrogens (tertiary/aromatic N) is 4. The van der Waals surface area contributed by atoms with Gasteiger partial charge in [-0.25, -0.2) is 0 Å². The average molecular weight is 1090 g/mol. The first-order valence-corrected chi connectivity index (χ1v) is 19.9. The Kier molecular flexibility index (Phi) is 16.2. The van der Waals surface area contributed by atoms with E-state index in [0.29, 0.717) is 6.54 Å². The maximum Gasteiger partial charge on any atom is 0.416 e. The van der Waals surface area contributed by atoms with Crippen LogP contribution in [0, 0.1) is 28.1 Å². The molecule has 0 radical (unpaired) electrons. The van der Waals surface area contributed by atoms with E-state index in [4.69, 9.17) is 10.5 Å². The number of halogens is 24. The Morgan fingerprint density at radius 1 is 0.392 bits per heavy atom. The molecule has 0 spiro atoms. The van der Waals surface area contributed by atoms with Crippen molar-refractivity contribution in [3.63, 3.8) is 0 Å². The Morgan fingerprint density at radius 3 is 0.757 bits per heavy atom. The van der Waals surface area contributed by atoms with Crippen LogP contribution < -0.4 is 26.4 Å². The molecule has 0 aliphatic rings. The van der Waals surface area contributed by atoms with E-state index in [9.17, 15) is 105 Å². The number of nitriles is 2. The average Bonchev–Trinajstić information content (AvgIpc) is 3.24. The molecule has 398 valence electrons. The van der Waals surface area contributed by atoms with Gasteiger partial charge in [-0.3, -0.25) is 4.98 Å². The van der Waals surface area contributed by atoms with Crippen LogP contribution in [0.15, 0.2) is 109 Å². The van der Waals surface area contributed by atoms with E-state index in [-0.39, 0.29) is 11.0 Å². The third-order valence-electron chi connectivity index (χ3n) is 10.9. The zero-order valence-corrected chi connectivity index (χ0v) is 36.9. The lowest BCUT2D eigenvalue weighted by Crippen LogP contribution is -2.75. The van der Waals surface area contributed by atoms with E-state index in [0.717, 1.165) is 5.57 Å². The molecule has 0 saturated carbocycles. The molecule has 29 heteroatoms. The largest absolute Gasteiger partial charge is 0.416 e. The molecule has 1 heterocycles. The van der Waals surface area contributed by atoms with Crippen LogP contribution in [0.2, 0.25) is 0 Å². The molecule has 0 bridgehead atoms. The molecule has 5 rings (SSSR count). The number of aromatic nitrogens is 2. The van der Waals surface area contributed by atoms with Crippen LogP contribution in [0.1, 0.15) is 65.3 Å². The van der Waals surface area contributed by atoms with Crippen molar-refractivity contribution in [2.24, 2.45) is 5.41 Å². The van der Waals surface area contributed by atoms with Gasteiger partial charge in [-0.1, -0.05) is 69.3 Å². The van der Waals surface area contributed by atoms with Gasteiger partial charge in [0.25, 0.3) is 0 Å². The molecule has 0 amide bonds. The van der Waals surface area contributed by atoms with Crippen molar-refractivity contribution in [1.82, 2.24) is 4.98 Å². The van der Waals surface area contributed by atoms with Crippen LogP contribution in [0.25, 0.3) is 0 Å². The summed E-state index contributed by atoms with van der Waals surface area (Å²) in [5.41, 5.74) is -29.4. The quantitative estimate of drug-likeness (QED) is 0.0737. The maximum absolute atomic E-state index is 14.2. The number of rotatable bonds is 6. The van der Waals surface area contributed by atoms with Gasteiger partial charge < -0.3 is 0 Å². The van der Waals surface area contributed by atoms with E-state index in [1.165, 1.54) is 0 Å². The normalized spacial score (nSPS) is 13.4. The third kappa shape index (κ3) is 13.8. The molecule has 0 fully saturated rings. The zero-order valence-electron chi connectivity index (χ0n) is 36.9. The number of hydrogen-bond acceptors (Lipinski definition) is 3. The van der Waals surface area contributed by atoms with E-state index in [2.05, 4.69) is 4.98 Å². The van der Waals surface area contributed by atoms with E-state index in [1.54, 1.807) is 12.4 Å². The maximum atomic E-state index is 14.2. The van der Waals surface area contributed by atoms with Crippen molar-refractivity contribution < 1.29 is 110 Å². The molecule has 74 heavy (non-hydrogen) atoms.